The monoisotopic (exact) mass is 339 g/mol. The third-order valence-electron chi connectivity index (χ3n) is 4.22. The van der Waals surface area contributed by atoms with E-state index in [9.17, 15) is 4.79 Å². The number of methoxy groups -OCH3 is 1. The van der Waals surface area contributed by atoms with Crippen LogP contribution in [0.25, 0.3) is 20.5 Å². The zero-order chi connectivity index (χ0) is 17.1. The average molecular weight is 339 g/mol. The van der Waals surface area contributed by atoms with Crippen LogP contribution in [0.4, 0.5) is 5.69 Å². The van der Waals surface area contributed by atoms with Crippen LogP contribution in [0.1, 0.15) is 13.8 Å². The fraction of sp³-hybridized carbons (Fsp3) is 0.250. The summed E-state index contributed by atoms with van der Waals surface area (Å²) >= 11 is 1.65. The van der Waals surface area contributed by atoms with Crippen molar-refractivity contribution >= 4 is 27.1 Å². The first-order valence-electron chi connectivity index (χ1n) is 8.13. The topological polar surface area (TPSA) is 29.5 Å². The summed E-state index contributed by atoms with van der Waals surface area (Å²) in [5.41, 5.74) is 2.27. The van der Waals surface area contributed by atoms with E-state index in [-0.39, 0.29) is 5.43 Å². The SMILES string of the molecule is CCN(CC)c1ccc2c(=O)cc(-c3ccc(OC)cc3)sc2c1. The maximum Gasteiger partial charge on any atom is 0.188 e. The summed E-state index contributed by atoms with van der Waals surface area (Å²) in [5, 5.41) is 0.785. The second-order valence-corrected chi connectivity index (χ2v) is 6.64. The van der Waals surface area contributed by atoms with Crippen LogP contribution in [0, 0.1) is 0 Å². The van der Waals surface area contributed by atoms with Gasteiger partial charge in [0.2, 0.25) is 0 Å². The molecule has 0 N–H and O–H groups in total. The van der Waals surface area contributed by atoms with E-state index in [0.29, 0.717) is 0 Å². The average Bonchev–Trinajstić information content (AvgIpc) is 2.62. The highest BCUT2D eigenvalue weighted by Gasteiger charge is 2.08. The van der Waals surface area contributed by atoms with E-state index < -0.39 is 0 Å². The number of hydrogen-bond acceptors (Lipinski definition) is 4. The molecule has 2 aromatic carbocycles. The summed E-state index contributed by atoms with van der Waals surface area (Å²) in [7, 11) is 1.65. The molecule has 0 unspecified atom stereocenters. The van der Waals surface area contributed by atoms with Gasteiger partial charge in [-0.05, 0) is 61.9 Å². The summed E-state index contributed by atoms with van der Waals surface area (Å²) in [6.07, 6.45) is 0. The van der Waals surface area contributed by atoms with Gasteiger partial charge in [0.1, 0.15) is 5.75 Å². The Hall–Kier alpha value is -2.33. The quantitative estimate of drug-likeness (QED) is 0.670. The van der Waals surface area contributed by atoms with Gasteiger partial charge in [-0.15, -0.1) is 11.3 Å². The lowest BCUT2D eigenvalue weighted by Crippen LogP contribution is -2.21. The molecule has 0 bridgehead atoms. The van der Waals surface area contributed by atoms with Crippen molar-refractivity contribution in [1.82, 2.24) is 0 Å². The number of nitrogens with zero attached hydrogens (tertiary/aromatic N) is 1. The van der Waals surface area contributed by atoms with E-state index in [4.69, 9.17) is 4.74 Å². The maximum absolute atomic E-state index is 12.5. The van der Waals surface area contributed by atoms with Gasteiger partial charge in [-0.2, -0.15) is 0 Å². The summed E-state index contributed by atoms with van der Waals surface area (Å²) in [5.74, 6) is 0.815. The largest absolute Gasteiger partial charge is 0.497 e. The van der Waals surface area contributed by atoms with E-state index in [1.165, 1.54) is 0 Å². The molecular weight excluding hydrogens is 318 g/mol. The van der Waals surface area contributed by atoms with Gasteiger partial charge >= 0.3 is 0 Å². The molecule has 0 saturated heterocycles. The number of rotatable bonds is 5. The number of ether oxygens (including phenoxy) is 1. The third kappa shape index (κ3) is 3.15. The van der Waals surface area contributed by atoms with Crippen molar-refractivity contribution in [2.75, 3.05) is 25.1 Å². The molecular formula is C20H21NO2S. The Morgan fingerprint density at radius 1 is 1.00 bits per heavy atom. The molecule has 3 nitrogen and oxygen atoms in total. The van der Waals surface area contributed by atoms with Crippen molar-refractivity contribution in [3.8, 4) is 16.2 Å². The van der Waals surface area contributed by atoms with Gasteiger partial charge in [-0.3, -0.25) is 4.79 Å². The number of fused-ring (bicyclic) bond motifs is 1. The van der Waals surface area contributed by atoms with Crippen LogP contribution >= 0.6 is 11.3 Å². The Morgan fingerprint density at radius 2 is 1.71 bits per heavy atom. The second-order valence-electron chi connectivity index (χ2n) is 5.56. The predicted octanol–water partition coefficient (Wildman–Crippen LogP) is 4.78. The Morgan fingerprint density at radius 3 is 2.33 bits per heavy atom. The molecule has 3 aromatic rings. The molecule has 0 fully saturated rings. The normalized spacial score (nSPS) is 10.8. The van der Waals surface area contributed by atoms with Gasteiger partial charge < -0.3 is 9.64 Å². The Bertz CT molecular complexity index is 896. The molecule has 0 aliphatic rings. The fourth-order valence-electron chi connectivity index (χ4n) is 2.83. The highest BCUT2D eigenvalue weighted by atomic mass is 32.1. The molecule has 0 aliphatic carbocycles. The Kier molecular flexibility index (Phi) is 4.86. The number of anilines is 1. The van der Waals surface area contributed by atoms with Crippen LogP contribution in [0.15, 0.2) is 53.3 Å². The lowest BCUT2D eigenvalue weighted by molar-refractivity contribution is 0.415. The molecule has 0 saturated carbocycles. The Labute approximate surface area is 146 Å². The van der Waals surface area contributed by atoms with E-state index in [1.807, 2.05) is 36.4 Å². The third-order valence-corrected chi connectivity index (χ3v) is 5.35. The molecule has 24 heavy (non-hydrogen) atoms. The summed E-state index contributed by atoms with van der Waals surface area (Å²) in [6, 6.07) is 15.7. The first kappa shape index (κ1) is 16.5. The fourth-order valence-corrected chi connectivity index (χ4v) is 3.94. The van der Waals surface area contributed by atoms with Gasteiger partial charge in [0.15, 0.2) is 5.43 Å². The molecule has 0 amide bonds. The van der Waals surface area contributed by atoms with Gasteiger partial charge in [0, 0.05) is 39.8 Å². The lowest BCUT2D eigenvalue weighted by Gasteiger charge is -2.21. The molecule has 124 valence electrons. The van der Waals surface area contributed by atoms with Gasteiger partial charge in [0.05, 0.1) is 7.11 Å². The smallest absolute Gasteiger partial charge is 0.188 e. The zero-order valence-electron chi connectivity index (χ0n) is 14.2. The molecule has 0 aliphatic heterocycles. The van der Waals surface area contributed by atoms with Gasteiger partial charge in [-0.1, -0.05) is 0 Å². The molecule has 1 heterocycles. The van der Waals surface area contributed by atoms with Crippen LogP contribution in [0.5, 0.6) is 5.75 Å². The molecule has 3 rings (SSSR count). The standard InChI is InChI=1S/C20H21NO2S/c1-4-21(5-2)15-8-11-17-18(22)13-19(24-20(17)12-15)14-6-9-16(23-3)10-7-14/h6-13H,4-5H2,1-3H3. The van der Waals surface area contributed by atoms with Crippen molar-refractivity contribution in [1.29, 1.82) is 0 Å². The summed E-state index contributed by atoms with van der Waals surface area (Å²) < 4.78 is 6.23. The highest BCUT2D eigenvalue weighted by molar-refractivity contribution is 7.21. The van der Waals surface area contributed by atoms with Crippen molar-refractivity contribution < 1.29 is 4.74 Å². The molecule has 0 radical (unpaired) electrons. The van der Waals surface area contributed by atoms with Crippen molar-refractivity contribution in [2.45, 2.75) is 13.8 Å². The van der Waals surface area contributed by atoms with Gasteiger partial charge in [-0.25, -0.2) is 0 Å². The Balaban J connectivity index is 2.11. The van der Waals surface area contributed by atoms with E-state index in [2.05, 4.69) is 24.8 Å². The lowest BCUT2D eigenvalue weighted by atomic mass is 10.1. The minimum Gasteiger partial charge on any atom is -0.497 e. The molecule has 0 spiro atoms. The van der Waals surface area contributed by atoms with Crippen molar-refractivity contribution in [3.63, 3.8) is 0 Å². The van der Waals surface area contributed by atoms with E-state index in [0.717, 1.165) is 45.1 Å². The van der Waals surface area contributed by atoms with Crippen molar-refractivity contribution in [2.24, 2.45) is 0 Å². The van der Waals surface area contributed by atoms with Crippen LogP contribution in [0.2, 0.25) is 0 Å². The van der Waals surface area contributed by atoms with E-state index >= 15 is 0 Å². The number of hydrogen-bond donors (Lipinski definition) is 0. The first-order valence-corrected chi connectivity index (χ1v) is 8.95. The summed E-state index contributed by atoms with van der Waals surface area (Å²) in [4.78, 5) is 15.8. The molecule has 0 atom stereocenters. The van der Waals surface area contributed by atoms with E-state index in [1.54, 1.807) is 24.5 Å². The minimum absolute atomic E-state index is 0.0701. The van der Waals surface area contributed by atoms with Crippen LogP contribution < -0.4 is 15.1 Å². The minimum atomic E-state index is 0.0701. The maximum atomic E-state index is 12.5. The molecule has 4 heteroatoms. The predicted molar refractivity (Wildman–Crippen MR) is 104 cm³/mol. The number of benzene rings is 2. The van der Waals surface area contributed by atoms with Crippen molar-refractivity contribution in [3.05, 3.63) is 58.8 Å². The first-order chi connectivity index (χ1) is 11.7. The highest BCUT2D eigenvalue weighted by Crippen LogP contribution is 2.31. The zero-order valence-corrected chi connectivity index (χ0v) is 15.0. The van der Waals surface area contributed by atoms with Crippen LogP contribution in [-0.2, 0) is 0 Å². The van der Waals surface area contributed by atoms with Crippen LogP contribution in [0.3, 0.4) is 0 Å². The summed E-state index contributed by atoms with van der Waals surface area (Å²) in [6.45, 7) is 6.19. The second kappa shape index (κ2) is 7.05. The van der Waals surface area contributed by atoms with Crippen LogP contribution in [-0.4, -0.2) is 20.2 Å². The van der Waals surface area contributed by atoms with Gasteiger partial charge in [0.25, 0.3) is 0 Å². The molecule has 1 aromatic heterocycles.